The van der Waals surface area contributed by atoms with Crippen LogP contribution in [0, 0.1) is 13.8 Å². The molecule has 0 atom stereocenters. The maximum absolute atomic E-state index is 12.0. The Hall–Kier alpha value is -3.02. The molecule has 2 rings (SSSR count). The van der Waals surface area contributed by atoms with Gasteiger partial charge in [0.05, 0.1) is 12.8 Å². The average molecular weight is 329 g/mol. The van der Waals surface area contributed by atoms with Crippen LogP contribution >= 0.6 is 0 Å². The molecular weight excluding hydrogens is 310 g/mol. The summed E-state index contributed by atoms with van der Waals surface area (Å²) in [6, 6.07) is 9.93. The third kappa shape index (κ3) is 4.25. The zero-order valence-electron chi connectivity index (χ0n) is 13.8. The molecule has 126 valence electrons. The van der Waals surface area contributed by atoms with Crippen molar-refractivity contribution in [2.45, 2.75) is 13.8 Å². The van der Waals surface area contributed by atoms with E-state index in [2.05, 4.69) is 5.32 Å². The second-order valence-corrected chi connectivity index (χ2v) is 5.35. The highest BCUT2D eigenvalue weighted by atomic mass is 16.5. The average Bonchev–Trinajstić information content (AvgIpc) is 2.53. The minimum atomic E-state index is -0.765. The highest BCUT2D eigenvalue weighted by Gasteiger charge is 2.15. The normalized spacial score (nSPS) is 10.1. The molecule has 0 spiro atoms. The number of hydrogen-bond donors (Lipinski definition) is 2. The Morgan fingerprint density at radius 3 is 2.42 bits per heavy atom. The van der Waals surface area contributed by atoms with Crippen LogP contribution < -0.4 is 10.1 Å². The van der Waals surface area contributed by atoms with Crippen LogP contribution in [0.5, 0.6) is 11.5 Å². The quantitative estimate of drug-likeness (QED) is 0.824. The van der Waals surface area contributed by atoms with Crippen LogP contribution in [-0.2, 0) is 9.53 Å². The zero-order chi connectivity index (χ0) is 17.7. The molecule has 2 aromatic carbocycles. The Balaban J connectivity index is 1.98. The van der Waals surface area contributed by atoms with Crippen molar-refractivity contribution in [1.82, 2.24) is 0 Å². The summed E-state index contributed by atoms with van der Waals surface area (Å²) in [5.74, 6) is -0.935. The molecule has 6 nitrogen and oxygen atoms in total. The van der Waals surface area contributed by atoms with Crippen LogP contribution in [0.1, 0.15) is 21.5 Å². The molecule has 0 radical (unpaired) electrons. The largest absolute Gasteiger partial charge is 0.507 e. The number of rotatable bonds is 5. The monoisotopic (exact) mass is 329 g/mol. The second kappa shape index (κ2) is 7.50. The molecule has 0 saturated heterocycles. The van der Waals surface area contributed by atoms with E-state index >= 15 is 0 Å². The number of anilines is 1. The Bertz CT molecular complexity index is 770. The van der Waals surface area contributed by atoms with Gasteiger partial charge in [-0.15, -0.1) is 0 Å². The molecule has 0 saturated carbocycles. The van der Waals surface area contributed by atoms with E-state index < -0.39 is 18.5 Å². The van der Waals surface area contributed by atoms with E-state index in [1.807, 2.05) is 13.0 Å². The van der Waals surface area contributed by atoms with E-state index in [4.69, 9.17) is 9.47 Å². The summed E-state index contributed by atoms with van der Waals surface area (Å²) in [4.78, 5) is 23.9. The molecular formula is C18H19NO5. The number of hydrogen-bond acceptors (Lipinski definition) is 5. The standard InChI is InChI=1S/C18H19NO5/c1-11-5-7-16(23-3)14(8-11)19-17(21)10-24-18(22)13-6-4-12(2)9-15(13)20/h4-9,20H,10H2,1-3H3,(H,19,21). The van der Waals surface area contributed by atoms with Gasteiger partial charge in [-0.25, -0.2) is 4.79 Å². The lowest BCUT2D eigenvalue weighted by molar-refractivity contribution is -0.119. The minimum Gasteiger partial charge on any atom is -0.507 e. The van der Waals surface area contributed by atoms with E-state index in [1.165, 1.54) is 19.2 Å². The van der Waals surface area contributed by atoms with Gasteiger partial charge in [-0.3, -0.25) is 4.79 Å². The van der Waals surface area contributed by atoms with E-state index in [0.717, 1.165) is 11.1 Å². The highest BCUT2D eigenvalue weighted by Crippen LogP contribution is 2.25. The summed E-state index contributed by atoms with van der Waals surface area (Å²) in [7, 11) is 1.50. The van der Waals surface area contributed by atoms with Crippen LogP contribution in [0.25, 0.3) is 0 Å². The molecule has 2 N–H and O–H groups in total. The molecule has 6 heteroatoms. The van der Waals surface area contributed by atoms with Gasteiger partial charge < -0.3 is 19.9 Å². The van der Waals surface area contributed by atoms with Crippen molar-refractivity contribution in [2.24, 2.45) is 0 Å². The smallest absolute Gasteiger partial charge is 0.342 e. The Morgan fingerprint density at radius 2 is 1.75 bits per heavy atom. The number of ether oxygens (including phenoxy) is 2. The number of benzene rings is 2. The number of aromatic hydroxyl groups is 1. The van der Waals surface area contributed by atoms with Crippen LogP contribution in [0.3, 0.4) is 0 Å². The lowest BCUT2D eigenvalue weighted by Gasteiger charge is -2.11. The fourth-order valence-corrected chi connectivity index (χ4v) is 2.13. The maximum atomic E-state index is 12.0. The molecule has 0 fully saturated rings. The number of amides is 1. The predicted octanol–water partition coefficient (Wildman–Crippen LogP) is 2.81. The summed E-state index contributed by atoms with van der Waals surface area (Å²) < 4.78 is 10.1. The number of carbonyl (C=O) groups is 2. The van der Waals surface area contributed by atoms with E-state index in [-0.39, 0.29) is 11.3 Å². The summed E-state index contributed by atoms with van der Waals surface area (Å²) in [5.41, 5.74) is 2.28. The third-order valence-electron chi connectivity index (χ3n) is 3.34. The number of phenolic OH excluding ortho intramolecular Hbond substituents is 1. The predicted molar refractivity (Wildman–Crippen MR) is 89.5 cm³/mol. The van der Waals surface area contributed by atoms with Crippen LogP contribution in [0.2, 0.25) is 0 Å². The van der Waals surface area contributed by atoms with Gasteiger partial charge in [0.1, 0.15) is 17.1 Å². The summed E-state index contributed by atoms with van der Waals surface area (Å²) >= 11 is 0. The lowest BCUT2D eigenvalue weighted by Crippen LogP contribution is -2.21. The summed E-state index contributed by atoms with van der Waals surface area (Å²) in [5, 5.41) is 12.4. The molecule has 0 aromatic heterocycles. The molecule has 1 amide bonds. The number of phenols is 1. The number of nitrogens with one attached hydrogen (secondary N) is 1. The van der Waals surface area contributed by atoms with Gasteiger partial charge >= 0.3 is 5.97 Å². The van der Waals surface area contributed by atoms with Gasteiger partial charge in [-0.1, -0.05) is 12.1 Å². The summed E-state index contributed by atoms with van der Waals surface area (Å²) in [6.45, 7) is 3.20. The first-order valence-corrected chi connectivity index (χ1v) is 7.32. The fraction of sp³-hybridized carbons (Fsp3) is 0.222. The van der Waals surface area contributed by atoms with Gasteiger partial charge in [0.2, 0.25) is 0 Å². The summed E-state index contributed by atoms with van der Waals surface area (Å²) in [6.07, 6.45) is 0. The van der Waals surface area contributed by atoms with E-state index in [1.54, 1.807) is 25.1 Å². The van der Waals surface area contributed by atoms with Gasteiger partial charge in [0.25, 0.3) is 5.91 Å². The van der Waals surface area contributed by atoms with Gasteiger partial charge in [0, 0.05) is 0 Å². The van der Waals surface area contributed by atoms with Crippen molar-refractivity contribution in [2.75, 3.05) is 19.0 Å². The van der Waals surface area contributed by atoms with Crippen molar-refractivity contribution in [3.05, 3.63) is 53.1 Å². The van der Waals surface area contributed by atoms with Crippen molar-refractivity contribution in [3.8, 4) is 11.5 Å². The molecule has 0 bridgehead atoms. The zero-order valence-corrected chi connectivity index (χ0v) is 13.8. The van der Waals surface area contributed by atoms with Crippen LogP contribution in [0.4, 0.5) is 5.69 Å². The van der Waals surface area contributed by atoms with Gasteiger partial charge in [0.15, 0.2) is 6.61 Å². The van der Waals surface area contributed by atoms with Crippen molar-refractivity contribution >= 4 is 17.6 Å². The Morgan fingerprint density at radius 1 is 1.08 bits per heavy atom. The first kappa shape index (κ1) is 17.3. The SMILES string of the molecule is COc1ccc(C)cc1NC(=O)COC(=O)c1ccc(C)cc1O. The maximum Gasteiger partial charge on any atom is 0.342 e. The molecule has 0 unspecified atom stereocenters. The third-order valence-corrected chi connectivity index (χ3v) is 3.34. The number of carbonyl (C=O) groups excluding carboxylic acids is 2. The first-order chi connectivity index (χ1) is 11.4. The molecule has 0 heterocycles. The van der Waals surface area contributed by atoms with Crippen molar-refractivity contribution in [1.29, 1.82) is 0 Å². The van der Waals surface area contributed by atoms with Crippen molar-refractivity contribution < 1.29 is 24.2 Å². The molecule has 0 aliphatic carbocycles. The Kier molecular flexibility index (Phi) is 5.42. The van der Waals surface area contributed by atoms with E-state index in [0.29, 0.717) is 11.4 Å². The highest BCUT2D eigenvalue weighted by molar-refractivity contribution is 5.97. The first-order valence-electron chi connectivity index (χ1n) is 7.32. The van der Waals surface area contributed by atoms with Gasteiger partial charge in [-0.2, -0.15) is 0 Å². The topological polar surface area (TPSA) is 84.9 Å². The van der Waals surface area contributed by atoms with Crippen molar-refractivity contribution in [3.63, 3.8) is 0 Å². The fourth-order valence-electron chi connectivity index (χ4n) is 2.13. The molecule has 24 heavy (non-hydrogen) atoms. The lowest BCUT2D eigenvalue weighted by atomic mass is 10.1. The van der Waals surface area contributed by atoms with Crippen LogP contribution in [0.15, 0.2) is 36.4 Å². The Labute approximate surface area is 140 Å². The number of aryl methyl sites for hydroxylation is 2. The minimum absolute atomic E-state index is 0.0153. The molecule has 0 aliphatic rings. The van der Waals surface area contributed by atoms with Gasteiger partial charge in [-0.05, 0) is 49.2 Å². The number of methoxy groups -OCH3 is 1. The van der Waals surface area contributed by atoms with E-state index in [9.17, 15) is 14.7 Å². The molecule has 2 aromatic rings. The van der Waals surface area contributed by atoms with Crippen LogP contribution in [-0.4, -0.2) is 30.7 Å². The molecule has 0 aliphatic heterocycles. The number of esters is 1. The second-order valence-electron chi connectivity index (χ2n) is 5.35.